The number of aryl methyl sites for hydroxylation is 2. The van der Waals surface area contributed by atoms with Crippen LogP contribution in [0.15, 0.2) is 35.2 Å². The van der Waals surface area contributed by atoms with Gasteiger partial charge in [-0.2, -0.15) is 0 Å². The zero-order valence-electron chi connectivity index (χ0n) is 15.5. The molecule has 9 heteroatoms. The van der Waals surface area contributed by atoms with Crippen molar-refractivity contribution in [2.24, 2.45) is 5.14 Å². The molecular formula is C18H25N5O3S. The van der Waals surface area contributed by atoms with E-state index in [1.54, 1.807) is 12.1 Å². The zero-order chi connectivity index (χ0) is 19.9. The number of anilines is 1. The van der Waals surface area contributed by atoms with Crippen LogP contribution in [0.2, 0.25) is 0 Å². The first-order valence-corrected chi connectivity index (χ1v) is 10.2. The maximum absolute atomic E-state index is 11.9. The van der Waals surface area contributed by atoms with Gasteiger partial charge in [0, 0.05) is 30.9 Å². The van der Waals surface area contributed by atoms with E-state index in [9.17, 15) is 13.2 Å². The minimum absolute atomic E-state index is 0.0284. The Morgan fingerprint density at radius 3 is 2.30 bits per heavy atom. The third-order valence-corrected chi connectivity index (χ3v) is 4.76. The van der Waals surface area contributed by atoms with Crippen molar-refractivity contribution in [1.29, 1.82) is 0 Å². The van der Waals surface area contributed by atoms with E-state index in [-0.39, 0.29) is 10.8 Å². The van der Waals surface area contributed by atoms with Crippen molar-refractivity contribution in [2.75, 3.05) is 18.4 Å². The molecule has 0 radical (unpaired) electrons. The minimum Gasteiger partial charge on any atom is -0.356 e. The lowest BCUT2D eigenvalue weighted by Crippen LogP contribution is -2.26. The maximum atomic E-state index is 11.9. The molecule has 0 bridgehead atoms. The van der Waals surface area contributed by atoms with Gasteiger partial charge in [0.05, 0.1) is 4.90 Å². The molecule has 2 aromatic rings. The number of hydrogen-bond donors (Lipinski definition) is 3. The molecule has 1 aromatic carbocycles. The fourth-order valence-corrected chi connectivity index (χ4v) is 3.05. The number of aromatic nitrogens is 2. The second-order valence-electron chi connectivity index (χ2n) is 6.29. The molecule has 0 unspecified atom stereocenters. The first kappa shape index (κ1) is 20.8. The van der Waals surface area contributed by atoms with Gasteiger partial charge < -0.3 is 10.6 Å². The molecule has 27 heavy (non-hydrogen) atoms. The number of carbonyl (C=O) groups excluding carboxylic acids is 1. The average molecular weight is 391 g/mol. The van der Waals surface area contributed by atoms with E-state index in [0.717, 1.165) is 17.0 Å². The van der Waals surface area contributed by atoms with Crippen LogP contribution in [-0.4, -0.2) is 37.4 Å². The SMILES string of the molecule is Cc1cc(C)nc(NCCCC(=O)NCCc2ccc(S(N)(=O)=O)cc2)n1. The highest BCUT2D eigenvalue weighted by molar-refractivity contribution is 7.89. The molecule has 0 saturated carbocycles. The number of hydrogen-bond acceptors (Lipinski definition) is 6. The number of nitrogens with one attached hydrogen (secondary N) is 2. The molecule has 1 heterocycles. The summed E-state index contributed by atoms with van der Waals surface area (Å²) in [6.45, 7) is 4.93. The molecule has 0 aliphatic rings. The van der Waals surface area contributed by atoms with Crippen LogP contribution in [0.1, 0.15) is 29.8 Å². The lowest BCUT2D eigenvalue weighted by Gasteiger charge is -2.08. The molecule has 0 spiro atoms. The van der Waals surface area contributed by atoms with Gasteiger partial charge in [0.25, 0.3) is 0 Å². The van der Waals surface area contributed by atoms with Crippen LogP contribution in [0, 0.1) is 13.8 Å². The first-order valence-electron chi connectivity index (χ1n) is 8.68. The standard InChI is InChI=1S/C18H25N5O3S/c1-13-12-14(2)23-18(22-13)21-10-3-4-17(24)20-11-9-15-5-7-16(8-6-15)27(19,25)26/h5-8,12H,3-4,9-11H2,1-2H3,(H,20,24)(H2,19,25,26)(H,21,22,23). The van der Waals surface area contributed by atoms with Crippen LogP contribution in [0.3, 0.4) is 0 Å². The van der Waals surface area contributed by atoms with E-state index in [0.29, 0.717) is 38.3 Å². The third-order valence-electron chi connectivity index (χ3n) is 3.83. The second-order valence-corrected chi connectivity index (χ2v) is 7.85. The fraction of sp³-hybridized carbons (Fsp3) is 0.389. The Morgan fingerprint density at radius 2 is 1.70 bits per heavy atom. The minimum atomic E-state index is -3.68. The number of primary sulfonamides is 1. The quantitative estimate of drug-likeness (QED) is 0.553. The number of benzene rings is 1. The Balaban J connectivity index is 1.65. The van der Waals surface area contributed by atoms with Crippen LogP contribution < -0.4 is 15.8 Å². The molecule has 2 rings (SSSR count). The Kier molecular flexibility index (Phi) is 7.26. The summed E-state index contributed by atoms with van der Waals surface area (Å²) in [6, 6.07) is 8.22. The van der Waals surface area contributed by atoms with Gasteiger partial charge in [0.15, 0.2) is 0 Å². The molecule has 0 aliphatic heterocycles. The summed E-state index contributed by atoms with van der Waals surface area (Å²) in [5, 5.41) is 11.0. The molecule has 0 atom stereocenters. The van der Waals surface area contributed by atoms with Crippen LogP contribution in [0.25, 0.3) is 0 Å². The lowest BCUT2D eigenvalue weighted by molar-refractivity contribution is -0.121. The molecule has 0 aliphatic carbocycles. The number of carbonyl (C=O) groups is 1. The van der Waals surface area contributed by atoms with Crippen LogP contribution in [-0.2, 0) is 21.2 Å². The average Bonchev–Trinajstić information content (AvgIpc) is 2.57. The summed E-state index contributed by atoms with van der Waals surface area (Å²) in [5.74, 6) is 0.551. The predicted molar refractivity (Wildman–Crippen MR) is 104 cm³/mol. The summed E-state index contributed by atoms with van der Waals surface area (Å²) in [4.78, 5) is 20.5. The van der Waals surface area contributed by atoms with Gasteiger partial charge in [0.1, 0.15) is 0 Å². The predicted octanol–water partition coefficient (Wildman–Crippen LogP) is 1.29. The molecule has 4 N–H and O–H groups in total. The smallest absolute Gasteiger partial charge is 0.238 e. The molecule has 1 aromatic heterocycles. The van der Waals surface area contributed by atoms with Crippen molar-refractivity contribution >= 4 is 21.9 Å². The van der Waals surface area contributed by atoms with Crippen molar-refractivity contribution in [1.82, 2.24) is 15.3 Å². The Labute approximate surface area is 159 Å². The summed E-state index contributed by atoms with van der Waals surface area (Å²) in [5.41, 5.74) is 2.73. The van der Waals surface area contributed by atoms with Gasteiger partial charge in [-0.05, 0) is 50.5 Å². The van der Waals surface area contributed by atoms with Crippen molar-refractivity contribution < 1.29 is 13.2 Å². The summed E-state index contributed by atoms with van der Waals surface area (Å²) >= 11 is 0. The second kappa shape index (κ2) is 9.43. The Bertz CT molecular complexity index is 862. The number of sulfonamides is 1. The molecule has 0 saturated heterocycles. The summed E-state index contributed by atoms with van der Waals surface area (Å²) in [6.07, 6.45) is 1.69. The van der Waals surface area contributed by atoms with E-state index < -0.39 is 10.0 Å². The van der Waals surface area contributed by atoms with Gasteiger partial charge in [-0.1, -0.05) is 12.1 Å². The van der Waals surface area contributed by atoms with Gasteiger partial charge in [-0.3, -0.25) is 4.79 Å². The van der Waals surface area contributed by atoms with Gasteiger partial charge in [0.2, 0.25) is 21.9 Å². The van der Waals surface area contributed by atoms with Gasteiger partial charge in [-0.15, -0.1) is 0 Å². The summed E-state index contributed by atoms with van der Waals surface area (Å²) in [7, 11) is -3.68. The number of nitrogens with zero attached hydrogens (tertiary/aromatic N) is 2. The highest BCUT2D eigenvalue weighted by Crippen LogP contribution is 2.09. The highest BCUT2D eigenvalue weighted by Gasteiger charge is 2.07. The van der Waals surface area contributed by atoms with E-state index in [1.807, 2.05) is 19.9 Å². The topological polar surface area (TPSA) is 127 Å². The van der Waals surface area contributed by atoms with Crippen LogP contribution in [0.5, 0.6) is 0 Å². The largest absolute Gasteiger partial charge is 0.356 e. The van der Waals surface area contributed by atoms with Crippen LogP contribution >= 0.6 is 0 Å². The number of nitrogens with two attached hydrogens (primary N) is 1. The van der Waals surface area contributed by atoms with Crippen molar-refractivity contribution in [3.8, 4) is 0 Å². The van der Waals surface area contributed by atoms with E-state index in [1.165, 1.54) is 12.1 Å². The highest BCUT2D eigenvalue weighted by atomic mass is 32.2. The molecule has 146 valence electrons. The monoisotopic (exact) mass is 391 g/mol. The molecule has 1 amide bonds. The van der Waals surface area contributed by atoms with Gasteiger partial charge in [-0.25, -0.2) is 23.5 Å². The number of rotatable bonds is 9. The molecule has 0 fully saturated rings. The van der Waals surface area contributed by atoms with Gasteiger partial charge >= 0.3 is 0 Å². The summed E-state index contributed by atoms with van der Waals surface area (Å²) < 4.78 is 22.4. The Morgan fingerprint density at radius 1 is 1.07 bits per heavy atom. The first-order chi connectivity index (χ1) is 12.7. The zero-order valence-corrected chi connectivity index (χ0v) is 16.3. The van der Waals surface area contributed by atoms with E-state index >= 15 is 0 Å². The van der Waals surface area contributed by atoms with Crippen molar-refractivity contribution in [3.63, 3.8) is 0 Å². The number of amides is 1. The van der Waals surface area contributed by atoms with Crippen LogP contribution in [0.4, 0.5) is 5.95 Å². The van der Waals surface area contributed by atoms with Crippen molar-refractivity contribution in [3.05, 3.63) is 47.3 Å². The van der Waals surface area contributed by atoms with E-state index in [4.69, 9.17) is 5.14 Å². The lowest BCUT2D eigenvalue weighted by atomic mass is 10.1. The third kappa shape index (κ3) is 7.32. The Hall–Kier alpha value is -2.52. The normalized spacial score (nSPS) is 11.2. The van der Waals surface area contributed by atoms with E-state index in [2.05, 4.69) is 20.6 Å². The molecule has 8 nitrogen and oxygen atoms in total. The van der Waals surface area contributed by atoms with Crippen molar-refractivity contribution in [2.45, 2.75) is 38.0 Å². The molecular weight excluding hydrogens is 366 g/mol. The maximum Gasteiger partial charge on any atom is 0.238 e. The fourth-order valence-electron chi connectivity index (χ4n) is 2.53.